The Morgan fingerprint density at radius 3 is 2.72 bits per heavy atom. The quantitative estimate of drug-likeness (QED) is 0.803. The van der Waals surface area contributed by atoms with Crippen LogP contribution in [0.2, 0.25) is 0 Å². The molecule has 0 fully saturated rings. The molecule has 0 aromatic carbocycles. The first-order valence-electron chi connectivity index (χ1n) is 6.09. The number of nitrogens with two attached hydrogens (primary N) is 1. The molecule has 1 aromatic rings. The van der Waals surface area contributed by atoms with E-state index in [-0.39, 0.29) is 11.7 Å². The molecule has 0 saturated carbocycles. The van der Waals surface area contributed by atoms with Crippen LogP contribution in [-0.2, 0) is 11.2 Å². The lowest BCUT2D eigenvalue weighted by molar-refractivity contribution is 0.0521. The van der Waals surface area contributed by atoms with E-state index in [1.54, 1.807) is 18.7 Å². The third kappa shape index (κ3) is 2.98. The number of aromatic nitrogens is 2. The van der Waals surface area contributed by atoms with Gasteiger partial charge in [-0.2, -0.15) is 11.8 Å². The lowest BCUT2D eigenvalue weighted by Crippen LogP contribution is -2.15. The topological polar surface area (TPSA) is 70.1 Å². The van der Waals surface area contributed by atoms with Crippen LogP contribution in [0.5, 0.6) is 0 Å². The summed E-state index contributed by atoms with van der Waals surface area (Å²) in [5.74, 6) is 1.72. The lowest BCUT2D eigenvalue weighted by atomic mass is 10.3. The monoisotopic (exact) mass is 271 g/mol. The van der Waals surface area contributed by atoms with Gasteiger partial charge in [-0.15, -0.1) is 0 Å². The zero-order valence-electron chi connectivity index (χ0n) is 11.4. The molecule has 0 spiro atoms. The maximum absolute atomic E-state index is 11.7. The van der Waals surface area contributed by atoms with Gasteiger partial charge in [-0.3, -0.25) is 0 Å². The number of ether oxygens (including phenoxy) is 1. The van der Waals surface area contributed by atoms with E-state index in [0.717, 1.165) is 18.0 Å². The van der Waals surface area contributed by atoms with Crippen molar-refractivity contribution in [2.45, 2.75) is 33.2 Å². The fourth-order valence-electron chi connectivity index (χ4n) is 1.90. The van der Waals surface area contributed by atoms with Crippen molar-refractivity contribution < 1.29 is 9.53 Å². The average molecular weight is 271 g/mol. The summed E-state index contributed by atoms with van der Waals surface area (Å²) in [6.07, 6.45) is 2.78. The summed E-state index contributed by atoms with van der Waals surface area (Å²) < 4.78 is 6.89. The van der Waals surface area contributed by atoms with Crippen LogP contribution in [0.25, 0.3) is 0 Å². The highest BCUT2D eigenvalue weighted by atomic mass is 32.2. The first-order chi connectivity index (χ1) is 8.56. The fourth-order valence-corrected chi connectivity index (χ4v) is 2.53. The summed E-state index contributed by atoms with van der Waals surface area (Å²) in [5, 5.41) is 0. The van der Waals surface area contributed by atoms with Crippen molar-refractivity contribution in [2.24, 2.45) is 0 Å². The predicted octanol–water partition coefficient (Wildman–Crippen LogP) is 2.13. The molecule has 102 valence electrons. The first kappa shape index (κ1) is 14.9. The molecule has 6 heteroatoms. The third-order valence-corrected chi connectivity index (χ3v) is 3.47. The molecule has 0 aliphatic heterocycles. The molecular weight excluding hydrogens is 250 g/mol. The largest absolute Gasteiger partial charge is 0.461 e. The molecule has 0 aliphatic carbocycles. The lowest BCUT2D eigenvalue weighted by Gasteiger charge is -2.16. The molecule has 0 bridgehead atoms. The van der Waals surface area contributed by atoms with Gasteiger partial charge < -0.3 is 15.0 Å². The molecular formula is C12H21N3O2S. The summed E-state index contributed by atoms with van der Waals surface area (Å²) in [5.41, 5.74) is 6.27. The number of aryl methyl sites for hydroxylation is 1. The highest BCUT2D eigenvalue weighted by Gasteiger charge is 2.23. The summed E-state index contributed by atoms with van der Waals surface area (Å²) in [7, 11) is 0. The Hall–Kier alpha value is -1.17. The molecule has 0 saturated heterocycles. The van der Waals surface area contributed by atoms with Gasteiger partial charge in [0.05, 0.1) is 6.61 Å². The maximum atomic E-state index is 11.7. The molecule has 1 atom stereocenters. The van der Waals surface area contributed by atoms with Crippen LogP contribution < -0.4 is 5.73 Å². The van der Waals surface area contributed by atoms with E-state index in [1.807, 2.05) is 17.7 Å². The van der Waals surface area contributed by atoms with Crippen LogP contribution in [0, 0.1) is 0 Å². The van der Waals surface area contributed by atoms with Crippen molar-refractivity contribution in [3.63, 3.8) is 0 Å². The number of rotatable bonds is 6. The summed E-state index contributed by atoms with van der Waals surface area (Å²) >= 11 is 1.74. The van der Waals surface area contributed by atoms with E-state index >= 15 is 0 Å². The van der Waals surface area contributed by atoms with Crippen LogP contribution in [0.4, 0.5) is 5.82 Å². The van der Waals surface area contributed by atoms with E-state index in [4.69, 9.17) is 10.5 Å². The fraction of sp³-hybridized carbons (Fsp3) is 0.667. The molecule has 0 aliphatic rings. The van der Waals surface area contributed by atoms with Gasteiger partial charge in [-0.25, -0.2) is 9.78 Å². The smallest absolute Gasteiger partial charge is 0.360 e. The average Bonchev–Trinajstić information content (AvgIpc) is 2.67. The van der Waals surface area contributed by atoms with E-state index in [1.165, 1.54) is 0 Å². The van der Waals surface area contributed by atoms with Crippen molar-refractivity contribution >= 4 is 23.5 Å². The molecule has 0 amide bonds. The number of carbonyl (C=O) groups is 1. The molecule has 1 unspecified atom stereocenters. The van der Waals surface area contributed by atoms with Gasteiger partial charge in [0.15, 0.2) is 5.69 Å². The predicted molar refractivity (Wildman–Crippen MR) is 75.1 cm³/mol. The number of hydrogen-bond acceptors (Lipinski definition) is 5. The van der Waals surface area contributed by atoms with Gasteiger partial charge >= 0.3 is 5.97 Å². The van der Waals surface area contributed by atoms with Crippen molar-refractivity contribution in [3.8, 4) is 0 Å². The van der Waals surface area contributed by atoms with Gasteiger partial charge in [-0.05, 0) is 20.1 Å². The normalized spacial score (nSPS) is 12.4. The number of thioether (sulfide) groups is 1. The van der Waals surface area contributed by atoms with Gasteiger partial charge in [0.25, 0.3) is 0 Å². The highest BCUT2D eigenvalue weighted by molar-refractivity contribution is 7.98. The minimum atomic E-state index is -0.445. The van der Waals surface area contributed by atoms with Crippen LogP contribution in [0.15, 0.2) is 0 Å². The highest BCUT2D eigenvalue weighted by Crippen LogP contribution is 2.23. The van der Waals surface area contributed by atoms with Crippen molar-refractivity contribution in [1.29, 1.82) is 0 Å². The Bertz CT molecular complexity index is 418. The first-order valence-corrected chi connectivity index (χ1v) is 7.48. The zero-order valence-corrected chi connectivity index (χ0v) is 12.2. The SMILES string of the molecule is CCOC(=O)c1nc(CC)n(C(C)CSC)c1N. The Kier molecular flexibility index (Phi) is 5.53. The van der Waals surface area contributed by atoms with Crippen LogP contribution in [0.3, 0.4) is 0 Å². The van der Waals surface area contributed by atoms with E-state index in [0.29, 0.717) is 12.4 Å². The number of imidazole rings is 1. The Balaban J connectivity index is 3.13. The van der Waals surface area contributed by atoms with Crippen LogP contribution in [-0.4, -0.2) is 34.1 Å². The van der Waals surface area contributed by atoms with E-state index in [9.17, 15) is 4.79 Å². The van der Waals surface area contributed by atoms with Gasteiger partial charge in [0.1, 0.15) is 11.6 Å². The summed E-state index contributed by atoms with van der Waals surface area (Å²) in [4.78, 5) is 16.0. The van der Waals surface area contributed by atoms with Gasteiger partial charge in [0.2, 0.25) is 0 Å². The number of hydrogen-bond donors (Lipinski definition) is 1. The number of anilines is 1. The van der Waals surface area contributed by atoms with Crippen molar-refractivity contribution in [2.75, 3.05) is 24.3 Å². The van der Waals surface area contributed by atoms with Gasteiger partial charge in [-0.1, -0.05) is 6.92 Å². The molecule has 1 aromatic heterocycles. The maximum Gasteiger partial charge on any atom is 0.360 e. The number of esters is 1. The summed E-state index contributed by atoms with van der Waals surface area (Å²) in [6, 6.07) is 0.214. The number of nitrogens with zero attached hydrogens (tertiary/aromatic N) is 2. The number of carbonyl (C=O) groups excluding carboxylic acids is 1. The van der Waals surface area contributed by atoms with Crippen molar-refractivity contribution in [1.82, 2.24) is 9.55 Å². The molecule has 18 heavy (non-hydrogen) atoms. The Morgan fingerprint density at radius 2 is 2.22 bits per heavy atom. The van der Waals surface area contributed by atoms with Crippen LogP contribution >= 0.6 is 11.8 Å². The minimum absolute atomic E-state index is 0.214. The van der Waals surface area contributed by atoms with Crippen molar-refractivity contribution in [3.05, 3.63) is 11.5 Å². The standard InChI is InChI=1S/C12H21N3O2S/c1-5-9-14-10(12(16)17-6-2)11(13)15(9)8(3)7-18-4/h8H,5-7,13H2,1-4H3. The molecule has 0 radical (unpaired) electrons. The third-order valence-electron chi connectivity index (χ3n) is 2.65. The second kappa shape index (κ2) is 6.68. The zero-order chi connectivity index (χ0) is 13.7. The Labute approximate surface area is 112 Å². The Morgan fingerprint density at radius 1 is 1.56 bits per heavy atom. The minimum Gasteiger partial charge on any atom is -0.461 e. The molecule has 5 nitrogen and oxygen atoms in total. The van der Waals surface area contributed by atoms with E-state index in [2.05, 4.69) is 11.9 Å². The molecule has 2 N–H and O–H groups in total. The number of nitrogen functional groups attached to an aromatic ring is 1. The van der Waals surface area contributed by atoms with E-state index < -0.39 is 5.97 Å². The second-order valence-corrected chi connectivity index (χ2v) is 4.92. The summed E-state index contributed by atoms with van der Waals surface area (Å²) in [6.45, 7) is 6.16. The van der Waals surface area contributed by atoms with Gasteiger partial charge in [0, 0.05) is 18.2 Å². The van der Waals surface area contributed by atoms with Crippen LogP contribution in [0.1, 0.15) is 43.1 Å². The molecule has 1 heterocycles. The molecule has 1 rings (SSSR count). The second-order valence-electron chi connectivity index (χ2n) is 4.01.